The molecule has 0 atom stereocenters. The predicted molar refractivity (Wildman–Crippen MR) is 132 cm³/mol. The Balaban J connectivity index is 1.61. The number of aromatic nitrogens is 2. The van der Waals surface area contributed by atoms with Gasteiger partial charge >= 0.3 is 0 Å². The molecule has 0 aliphatic rings. The minimum absolute atomic E-state index is 0.397. The molecule has 0 unspecified atom stereocenters. The summed E-state index contributed by atoms with van der Waals surface area (Å²) in [5.41, 5.74) is 6.37. The molecule has 1 heterocycles. The number of nitrogens with zero attached hydrogens (tertiary/aromatic N) is 2. The number of fused-ring (bicyclic) bond motifs is 1. The number of imidazole rings is 1. The normalized spacial score (nSPS) is 11.4. The summed E-state index contributed by atoms with van der Waals surface area (Å²) in [6, 6.07) is 19.5. The zero-order valence-corrected chi connectivity index (χ0v) is 19.5. The highest BCUT2D eigenvalue weighted by Crippen LogP contribution is 2.31. The van der Waals surface area contributed by atoms with Crippen LogP contribution >= 0.6 is 11.6 Å². The van der Waals surface area contributed by atoms with E-state index in [-0.39, 0.29) is 0 Å². The summed E-state index contributed by atoms with van der Waals surface area (Å²) in [4.78, 5) is 7.88. The fourth-order valence-electron chi connectivity index (χ4n) is 3.46. The summed E-state index contributed by atoms with van der Waals surface area (Å²) in [6.07, 6.45) is 1.79. The van der Waals surface area contributed by atoms with Gasteiger partial charge in [-0.1, -0.05) is 29.8 Å². The molecule has 4 aromatic rings. The van der Waals surface area contributed by atoms with E-state index in [1.165, 1.54) is 11.1 Å². The average molecular weight is 458 g/mol. The largest absolute Gasteiger partial charge is 0.490 e. The van der Waals surface area contributed by atoms with Crippen molar-refractivity contribution in [3.8, 4) is 17.6 Å². The second kappa shape index (κ2) is 9.81. The maximum Gasteiger partial charge on any atom is 0.161 e. The Kier molecular flexibility index (Phi) is 6.67. The molecule has 0 amide bonds. The van der Waals surface area contributed by atoms with E-state index in [1.54, 1.807) is 6.08 Å². The second-order valence-electron chi connectivity index (χ2n) is 7.76. The van der Waals surface area contributed by atoms with E-state index in [4.69, 9.17) is 21.1 Å². The van der Waals surface area contributed by atoms with Crippen LogP contribution in [0.5, 0.6) is 11.5 Å². The summed E-state index contributed by atoms with van der Waals surface area (Å²) in [5.74, 6) is 1.80. The van der Waals surface area contributed by atoms with Crippen molar-refractivity contribution in [2.75, 3.05) is 6.61 Å². The van der Waals surface area contributed by atoms with Gasteiger partial charge in [-0.05, 0) is 85.5 Å². The number of aromatic amines is 1. The quantitative estimate of drug-likeness (QED) is 0.307. The lowest BCUT2D eigenvalue weighted by atomic mass is 10.1. The molecule has 0 aliphatic heterocycles. The molecular weight excluding hydrogens is 434 g/mol. The Morgan fingerprint density at radius 3 is 2.52 bits per heavy atom. The molecule has 1 aromatic heterocycles. The monoisotopic (exact) mass is 457 g/mol. The number of rotatable bonds is 7. The van der Waals surface area contributed by atoms with Gasteiger partial charge in [-0.3, -0.25) is 0 Å². The van der Waals surface area contributed by atoms with Crippen molar-refractivity contribution < 1.29 is 9.47 Å². The molecule has 3 aromatic carbocycles. The smallest absolute Gasteiger partial charge is 0.161 e. The van der Waals surface area contributed by atoms with Crippen molar-refractivity contribution in [1.82, 2.24) is 9.97 Å². The van der Waals surface area contributed by atoms with E-state index in [0.29, 0.717) is 41.1 Å². The molecule has 0 saturated heterocycles. The summed E-state index contributed by atoms with van der Waals surface area (Å²) in [6.45, 7) is 6.92. The van der Waals surface area contributed by atoms with E-state index in [0.717, 1.165) is 22.2 Å². The lowest BCUT2D eigenvalue weighted by molar-refractivity contribution is 0.269. The molecule has 4 rings (SSSR count). The number of halogens is 1. The van der Waals surface area contributed by atoms with Crippen LogP contribution in [0.15, 0.2) is 54.6 Å². The number of allylic oxidation sites excluding steroid dienone is 1. The van der Waals surface area contributed by atoms with Crippen LogP contribution in [0.3, 0.4) is 0 Å². The summed E-state index contributed by atoms with van der Waals surface area (Å²) < 4.78 is 11.8. The van der Waals surface area contributed by atoms with Crippen molar-refractivity contribution in [1.29, 1.82) is 5.26 Å². The van der Waals surface area contributed by atoms with Gasteiger partial charge in [-0.2, -0.15) is 5.26 Å². The first-order valence-electron chi connectivity index (χ1n) is 10.7. The molecule has 0 aliphatic carbocycles. The van der Waals surface area contributed by atoms with E-state index in [1.807, 2.05) is 55.5 Å². The minimum Gasteiger partial charge on any atom is -0.490 e. The first kappa shape index (κ1) is 22.4. The maximum atomic E-state index is 9.79. The first-order valence-corrected chi connectivity index (χ1v) is 11.1. The van der Waals surface area contributed by atoms with Gasteiger partial charge in [0, 0.05) is 5.02 Å². The lowest BCUT2D eigenvalue weighted by Crippen LogP contribution is -2.00. The van der Waals surface area contributed by atoms with Crippen LogP contribution in [0.4, 0.5) is 0 Å². The van der Waals surface area contributed by atoms with E-state index >= 15 is 0 Å². The third-order valence-electron chi connectivity index (χ3n) is 5.36. The number of nitriles is 1. The predicted octanol–water partition coefficient (Wildman–Crippen LogP) is 6.88. The molecule has 0 saturated carbocycles. The van der Waals surface area contributed by atoms with Gasteiger partial charge in [0.25, 0.3) is 0 Å². The van der Waals surface area contributed by atoms with E-state index in [2.05, 4.69) is 36.0 Å². The number of nitrogens with one attached hydrogen (secondary N) is 1. The molecule has 0 fully saturated rings. The highest BCUT2D eigenvalue weighted by molar-refractivity contribution is 6.30. The van der Waals surface area contributed by atoms with Gasteiger partial charge in [0.2, 0.25) is 0 Å². The number of benzene rings is 3. The Hall–Kier alpha value is -3.75. The molecular formula is C27H24ClN3O2. The Morgan fingerprint density at radius 2 is 1.79 bits per heavy atom. The van der Waals surface area contributed by atoms with Gasteiger partial charge in [0.05, 0.1) is 23.2 Å². The fourth-order valence-corrected chi connectivity index (χ4v) is 3.59. The topological polar surface area (TPSA) is 70.9 Å². The van der Waals surface area contributed by atoms with Crippen molar-refractivity contribution in [3.63, 3.8) is 0 Å². The van der Waals surface area contributed by atoms with Gasteiger partial charge in [-0.15, -0.1) is 0 Å². The molecule has 0 bridgehead atoms. The molecule has 0 spiro atoms. The summed E-state index contributed by atoms with van der Waals surface area (Å²) >= 11 is 5.95. The van der Waals surface area contributed by atoms with Gasteiger partial charge in [-0.25, -0.2) is 4.98 Å². The Morgan fingerprint density at radius 1 is 1.03 bits per heavy atom. The molecule has 1 N–H and O–H groups in total. The highest BCUT2D eigenvalue weighted by Gasteiger charge is 2.11. The van der Waals surface area contributed by atoms with E-state index < -0.39 is 0 Å². The van der Waals surface area contributed by atoms with Gasteiger partial charge < -0.3 is 14.5 Å². The highest BCUT2D eigenvalue weighted by atomic mass is 35.5. The van der Waals surface area contributed by atoms with Crippen LogP contribution in [0.25, 0.3) is 22.7 Å². The van der Waals surface area contributed by atoms with Gasteiger partial charge in [0.1, 0.15) is 18.5 Å². The van der Waals surface area contributed by atoms with Crippen LogP contribution in [0.2, 0.25) is 5.02 Å². The van der Waals surface area contributed by atoms with Crippen molar-refractivity contribution >= 4 is 34.3 Å². The Labute approximate surface area is 198 Å². The number of ether oxygens (including phenoxy) is 2. The number of aryl methyl sites for hydroxylation is 2. The summed E-state index contributed by atoms with van der Waals surface area (Å²) in [5, 5.41) is 10.5. The third kappa shape index (κ3) is 5.19. The maximum absolute atomic E-state index is 9.79. The van der Waals surface area contributed by atoms with Crippen molar-refractivity contribution in [2.45, 2.75) is 27.4 Å². The number of H-pyrrole nitrogens is 1. The van der Waals surface area contributed by atoms with Crippen molar-refractivity contribution in [2.24, 2.45) is 0 Å². The number of hydrogen-bond donors (Lipinski definition) is 1. The molecule has 0 radical (unpaired) electrons. The summed E-state index contributed by atoms with van der Waals surface area (Å²) in [7, 11) is 0. The third-order valence-corrected chi connectivity index (χ3v) is 5.61. The van der Waals surface area contributed by atoms with Gasteiger partial charge in [0.15, 0.2) is 11.5 Å². The second-order valence-corrected chi connectivity index (χ2v) is 8.20. The van der Waals surface area contributed by atoms with Crippen molar-refractivity contribution in [3.05, 3.63) is 87.7 Å². The average Bonchev–Trinajstić information content (AvgIpc) is 3.20. The van der Waals surface area contributed by atoms with Crippen LogP contribution in [0.1, 0.15) is 35.0 Å². The van der Waals surface area contributed by atoms with Crippen LogP contribution < -0.4 is 9.47 Å². The lowest BCUT2D eigenvalue weighted by Gasteiger charge is -2.13. The zero-order valence-electron chi connectivity index (χ0n) is 18.8. The van der Waals surface area contributed by atoms with E-state index in [9.17, 15) is 5.26 Å². The molecule has 166 valence electrons. The zero-order chi connectivity index (χ0) is 23.4. The molecule has 33 heavy (non-hydrogen) atoms. The van der Waals surface area contributed by atoms with Crippen LogP contribution in [-0.2, 0) is 6.61 Å². The molecule has 5 nitrogen and oxygen atoms in total. The fraction of sp³-hybridized carbons (Fsp3) is 0.185. The first-order chi connectivity index (χ1) is 16.0. The number of hydrogen-bond acceptors (Lipinski definition) is 4. The minimum atomic E-state index is 0.397. The standard InChI is InChI=1S/C27H24ClN3O2/c1-4-32-26-14-20(7-10-25(26)33-16-19-5-8-22(28)9-6-19)13-21(15-29)27-30-23-11-17(2)18(3)12-24(23)31-27/h5-14H,4,16H2,1-3H3,(H,30,31). The molecule has 6 heteroatoms. The SMILES string of the molecule is CCOc1cc(C=C(C#N)c2nc3cc(C)c(C)cc3[nH]2)ccc1OCc1ccc(Cl)cc1. The van der Waals surface area contributed by atoms with Crippen LogP contribution in [0, 0.1) is 25.2 Å². The van der Waals surface area contributed by atoms with Crippen LogP contribution in [-0.4, -0.2) is 16.6 Å². The Bertz CT molecular complexity index is 1330.